The van der Waals surface area contributed by atoms with Gasteiger partial charge in [-0.2, -0.15) is 0 Å². The molecule has 0 spiro atoms. The van der Waals surface area contributed by atoms with Gasteiger partial charge in [-0.05, 0) is 75.3 Å². The van der Waals surface area contributed by atoms with E-state index in [1.165, 1.54) is 0 Å². The smallest absolute Gasteiger partial charge is 0.363 e. The van der Waals surface area contributed by atoms with E-state index in [1.54, 1.807) is 6.08 Å². The Morgan fingerprint density at radius 2 is 1.69 bits per heavy atom. The topological polar surface area (TPSA) is 47.9 Å². The Morgan fingerprint density at radius 1 is 0.875 bits per heavy atom. The summed E-state index contributed by atoms with van der Waals surface area (Å²) in [5.74, 6) is 0.584. The molecule has 0 amide bonds. The van der Waals surface area contributed by atoms with E-state index in [4.69, 9.17) is 9.47 Å². The van der Waals surface area contributed by atoms with E-state index in [2.05, 4.69) is 33.6 Å². The van der Waals surface area contributed by atoms with Crippen LogP contribution in [-0.4, -0.2) is 11.9 Å². The first-order valence-electron chi connectivity index (χ1n) is 10.1. The van der Waals surface area contributed by atoms with Crippen LogP contribution >= 0.6 is 22.6 Å². The van der Waals surface area contributed by atoms with Gasteiger partial charge < -0.3 is 9.47 Å². The molecule has 0 atom stereocenters. The molecule has 156 valence electrons. The highest BCUT2D eigenvalue weighted by molar-refractivity contribution is 14.1. The first-order chi connectivity index (χ1) is 15.7. The Balaban J connectivity index is 1.37. The molecule has 32 heavy (non-hydrogen) atoms. The fourth-order valence-electron chi connectivity index (χ4n) is 3.48. The van der Waals surface area contributed by atoms with Crippen molar-refractivity contribution >= 4 is 51.3 Å². The zero-order valence-electron chi connectivity index (χ0n) is 17.0. The van der Waals surface area contributed by atoms with Crippen molar-refractivity contribution in [1.29, 1.82) is 0 Å². The summed E-state index contributed by atoms with van der Waals surface area (Å²) >= 11 is 2.30. The SMILES string of the molecule is O=C1OC(c2ccc3ccccc3c2)=N/C1=C\c1cccc(OCc2ccccc2I)c1. The molecule has 5 heteroatoms. The molecule has 0 radical (unpaired) electrons. The number of aliphatic imine (C=N–C) groups is 1. The molecule has 1 heterocycles. The summed E-state index contributed by atoms with van der Waals surface area (Å²) in [5, 5.41) is 2.19. The third kappa shape index (κ3) is 4.43. The predicted molar refractivity (Wildman–Crippen MR) is 134 cm³/mol. The van der Waals surface area contributed by atoms with Crippen LogP contribution in [0.5, 0.6) is 5.75 Å². The van der Waals surface area contributed by atoms with E-state index < -0.39 is 5.97 Å². The number of fused-ring (bicyclic) bond motifs is 1. The number of esters is 1. The molecule has 4 nitrogen and oxygen atoms in total. The van der Waals surface area contributed by atoms with E-state index in [0.29, 0.717) is 12.5 Å². The lowest BCUT2D eigenvalue weighted by molar-refractivity contribution is -0.129. The fourth-order valence-corrected chi connectivity index (χ4v) is 4.03. The molecule has 0 saturated carbocycles. The predicted octanol–water partition coefficient (Wildman–Crippen LogP) is 6.37. The molecule has 1 aliphatic heterocycles. The number of hydrogen-bond acceptors (Lipinski definition) is 4. The number of rotatable bonds is 5. The van der Waals surface area contributed by atoms with Gasteiger partial charge in [-0.25, -0.2) is 9.79 Å². The van der Waals surface area contributed by atoms with E-state index in [1.807, 2.05) is 84.9 Å². The van der Waals surface area contributed by atoms with Gasteiger partial charge in [-0.3, -0.25) is 0 Å². The van der Waals surface area contributed by atoms with Gasteiger partial charge in [-0.1, -0.05) is 60.7 Å². The minimum Gasteiger partial charge on any atom is -0.489 e. The van der Waals surface area contributed by atoms with Gasteiger partial charge in [0.05, 0.1) is 0 Å². The maximum atomic E-state index is 12.4. The lowest BCUT2D eigenvalue weighted by atomic mass is 10.1. The Labute approximate surface area is 199 Å². The molecule has 5 rings (SSSR count). The highest BCUT2D eigenvalue weighted by Crippen LogP contribution is 2.24. The maximum Gasteiger partial charge on any atom is 0.363 e. The van der Waals surface area contributed by atoms with E-state index in [9.17, 15) is 4.79 Å². The summed E-state index contributed by atoms with van der Waals surface area (Å²) < 4.78 is 12.6. The van der Waals surface area contributed by atoms with Crippen LogP contribution in [0.1, 0.15) is 16.7 Å². The van der Waals surface area contributed by atoms with Crippen molar-refractivity contribution < 1.29 is 14.3 Å². The van der Waals surface area contributed by atoms with Gasteiger partial charge in [0.1, 0.15) is 12.4 Å². The first kappa shape index (κ1) is 20.5. The van der Waals surface area contributed by atoms with Crippen LogP contribution in [0.15, 0.2) is 102 Å². The molecule has 1 aliphatic rings. The first-order valence-corrected chi connectivity index (χ1v) is 11.2. The molecule has 4 aromatic carbocycles. The standard InChI is InChI=1S/C27H18INO3/c28-24-11-4-3-9-22(24)17-31-23-10-5-6-18(14-23)15-25-27(30)32-26(29-25)21-13-12-19-7-1-2-8-20(19)16-21/h1-16H,17H2/b25-15-. The summed E-state index contributed by atoms with van der Waals surface area (Å²) in [6.45, 7) is 0.478. The normalized spacial score (nSPS) is 14.5. The van der Waals surface area contributed by atoms with Crippen molar-refractivity contribution in [3.63, 3.8) is 0 Å². The van der Waals surface area contributed by atoms with Crippen molar-refractivity contribution in [3.05, 3.63) is 117 Å². The van der Waals surface area contributed by atoms with Gasteiger partial charge in [0, 0.05) is 14.7 Å². The summed E-state index contributed by atoms with van der Waals surface area (Å²) in [6, 6.07) is 29.6. The number of nitrogens with zero attached hydrogens (tertiary/aromatic N) is 1. The Hall–Kier alpha value is -3.45. The van der Waals surface area contributed by atoms with Crippen LogP contribution in [0, 0.1) is 3.57 Å². The molecule has 0 aliphatic carbocycles. The molecular weight excluding hydrogens is 513 g/mol. The largest absolute Gasteiger partial charge is 0.489 e. The molecule has 0 aromatic heterocycles. The Kier molecular flexibility index (Phi) is 5.73. The quantitative estimate of drug-likeness (QED) is 0.171. The number of carbonyl (C=O) groups is 1. The second kappa shape index (κ2) is 8.96. The lowest BCUT2D eigenvalue weighted by Crippen LogP contribution is -2.05. The number of hydrogen-bond donors (Lipinski definition) is 0. The maximum absolute atomic E-state index is 12.4. The summed E-state index contributed by atoms with van der Waals surface area (Å²) in [4.78, 5) is 16.9. The van der Waals surface area contributed by atoms with Crippen LogP contribution in [0.3, 0.4) is 0 Å². The van der Waals surface area contributed by atoms with Crippen LogP contribution in [0.25, 0.3) is 16.8 Å². The highest BCUT2D eigenvalue weighted by Gasteiger charge is 2.24. The number of benzene rings is 4. The molecule has 0 bridgehead atoms. The van der Waals surface area contributed by atoms with Crippen molar-refractivity contribution in [1.82, 2.24) is 0 Å². The highest BCUT2D eigenvalue weighted by atomic mass is 127. The summed E-state index contributed by atoms with van der Waals surface area (Å²) in [5.41, 5.74) is 2.99. The van der Waals surface area contributed by atoms with Crippen LogP contribution in [-0.2, 0) is 16.1 Å². The van der Waals surface area contributed by atoms with E-state index in [-0.39, 0.29) is 5.70 Å². The van der Waals surface area contributed by atoms with Crippen molar-refractivity contribution in [2.24, 2.45) is 4.99 Å². The monoisotopic (exact) mass is 531 g/mol. The average molecular weight is 531 g/mol. The van der Waals surface area contributed by atoms with Crippen LogP contribution in [0.4, 0.5) is 0 Å². The van der Waals surface area contributed by atoms with Gasteiger partial charge in [0.15, 0.2) is 5.70 Å². The Morgan fingerprint density at radius 3 is 2.56 bits per heavy atom. The average Bonchev–Trinajstić information content (AvgIpc) is 3.18. The minimum atomic E-state index is -0.460. The van der Waals surface area contributed by atoms with Gasteiger partial charge in [0.2, 0.25) is 5.90 Å². The number of ether oxygens (including phenoxy) is 2. The van der Waals surface area contributed by atoms with Gasteiger partial charge >= 0.3 is 5.97 Å². The van der Waals surface area contributed by atoms with Crippen molar-refractivity contribution in [2.45, 2.75) is 6.61 Å². The fraction of sp³-hybridized carbons (Fsp3) is 0.0370. The molecule has 0 fully saturated rings. The minimum absolute atomic E-state index is 0.267. The third-order valence-electron chi connectivity index (χ3n) is 5.13. The number of carbonyl (C=O) groups excluding carboxylic acids is 1. The zero-order valence-corrected chi connectivity index (χ0v) is 19.2. The van der Waals surface area contributed by atoms with E-state index in [0.717, 1.165) is 36.8 Å². The van der Waals surface area contributed by atoms with Crippen LogP contribution < -0.4 is 4.74 Å². The zero-order chi connectivity index (χ0) is 21.9. The summed E-state index contributed by atoms with van der Waals surface area (Å²) in [6.07, 6.45) is 1.72. The Bertz CT molecular complexity index is 1390. The lowest BCUT2D eigenvalue weighted by Gasteiger charge is -2.08. The van der Waals surface area contributed by atoms with Gasteiger partial charge in [0.25, 0.3) is 0 Å². The summed E-state index contributed by atoms with van der Waals surface area (Å²) in [7, 11) is 0. The van der Waals surface area contributed by atoms with Crippen molar-refractivity contribution in [2.75, 3.05) is 0 Å². The second-order valence-electron chi connectivity index (χ2n) is 7.35. The van der Waals surface area contributed by atoms with Gasteiger partial charge in [-0.15, -0.1) is 0 Å². The van der Waals surface area contributed by atoms with Crippen molar-refractivity contribution in [3.8, 4) is 5.75 Å². The molecule has 0 unspecified atom stereocenters. The third-order valence-corrected chi connectivity index (χ3v) is 6.18. The second-order valence-corrected chi connectivity index (χ2v) is 8.51. The number of halogens is 1. The van der Waals surface area contributed by atoms with E-state index >= 15 is 0 Å². The molecule has 0 saturated heterocycles. The number of cyclic esters (lactones) is 1. The molecule has 4 aromatic rings. The molecular formula is C27H18INO3. The molecule has 0 N–H and O–H groups in total. The van der Waals surface area contributed by atoms with Crippen LogP contribution in [0.2, 0.25) is 0 Å².